The lowest BCUT2D eigenvalue weighted by molar-refractivity contribution is -0.167. The molecule has 0 amide bonds. The zero-order valence-electron chi connectivity index (χ0n) is 42.5. The fourth-order valence-electron chi connectivity index (χ4n) is 7.21. The molecule has 0 aliphatic rings. The number of hydrogen-bond donors (Lipinski definition) is 0. The maximum absolute atomic E-state index is 12.8. The van der Waals surface area contributed by atoms with Crippen molar-refractivity contribution in [2.75, 3.05) is 13.2 Å². The van der Waals surface area contributed by atoms with Gasteiger partial charge in [0.2, 0.25) is 0 Å². The zero-order valence-corrected chi connectivity index (χ0v) is 42.5. The van der Waals surface area contributed by atoms with Crippen LogP contribution in [-0.2, 0) is 28.6 Å². The molecule has 6 heteroatoms. The van der Waals surface area contributed by atoms with Crippen molar-refractivity contribution in [2.45, 2.75) is 258 Å². The second-order valence-corrected chi connectivity index (χ2v) is 17.8. The van der Waals surface area contributed by atoms with Crippen LogP contribution in [0.1, 0.15) is 252 Å². The SMILES string of the molecule is CCCCC/C=C\C/C=C\C/C=C\CCCCCCC(=O)OC[C@H](COC(=O)CCCCCCC/C=C\C/C=C\CCCCC)OC(=O)CCCCCCC/C=C\C/C=C\CCCCC. The van der Waals surface area contributed by atoms with Crippen molar-refractivity contribution in [1.82, 2.24) is 0 Å². The lowest BCUT2D eigenvalue weighted by Crippen LogP contribution is -2.30. The molecule has 0 aromatic heterocycles. The van der Waals surface area contributed by atoms with Gasteiger partial charge in [0.25, 0.3) is 0 Å². The van der Waals surface area contributed by atoms with Crippen LogP contribution in [0.3, 0.4) is 0 Å². The molecule has 1 atom stereocenters. The fraction of sp³-hybridized carbons (Fsp3) is 0.712. The van der Waals surface area contributed by atoms with Gasteiger partial charge >= 0.3 is 17.9 Å². The van der Waals surface area contributed by atoms with Crippen LogP contribution in [0.5, 0.6) is 0 Å². The minimum atomic E-state index is -0.799. The number of unbranched alkanes of at least 4 members (excludes halogenated alkanes) is 23. The first-order chi connectivity index (χ1) is 32.0. The molecule has 0 unspecified atom stereocenters. The molecule has 0 spiro atoms. The van der Waals surface area contributed by atoms with Crippen molar-refractivity contribution < 1.29 is 28.6 Å². The van der Waals surface area contributed by atoms with Gasteiger partial charge in [-0.25, -0.2) is 0 Å². The maximum atomic E-state index is 12.8. The van der Waals surface area contributed by atoms with Gasteiger partial charge < -0.3 is 14.2 Å². The number of rotatable bonds is 48. The highest BCUT2D eigenvalue weighted by Gasteiger charge is 2.19. The highest BCUT2D eigenvalue weighted by Crippen LogP contribution is 2.13. The lowest BCUT2D eigenvalue weighted by Gasteiger charge is -2.18. The highest BCUT2D eigenvalue weighted by molar-refractivity contribution is 5.71. The molecule has 0 saturated carbocycles. The van der Waals surface area contributed by atoms with Crippen molar-refractivity contribution in [2.24, 2.45) is 0 Å². The molecule has 372 valence electrons. The Bertz CT molecular complexity index is 1270. The zero-order chi connectivity index (χ0) is 47.2. The second kappa shape index (κ2) is 53.2. The topological polar surface area (TPSA) is 78.9 Å². The van der Waals surface area contributed by atoms with Crippen molar-refractivity contribution in [3.05, 3.63) is 85.1 Å². The van der Waals surface area contributed by atoms with E-state index in [1.807, 2.05) is 0 Å². The molecule has 0 aromatic carbocycles. The van der Waals surface area contributed by atoms with Crippen LogP contribution in [0, 0.1) is 0 Å². The van der Waals surface area contributed by atoms with Gasteiger partial charge in [0.05, 0.1) is 0 Å². The summed E-state index contributed by atoms with van der Waals surface area (Å²) in [5, 5.41) is 0. The summed E-state index contributed by atoms with van der Waals surface area (Å²) in [5.74, 6) is -0.945. The van der Waals surface area contributed by atoms with Gasteiger partial charge in [0.15, 0.2) is 6.10 Å². The summed E-state index contributed by atoms with van der Waals surface area (Å²) in [6, 6.07) is 0. The predicted octanol–water partition coefficient (Wildman–Crippen LogP) is 18.0. The van der Waals surface area contributed by atoms with E-state index in [0.717, 1.165) is 135 Å². The molecule has 0 bridgehead atoms. The van der Waals surface area contributed by atoms with Crippen LogP contribution in [0.2, 0.25) is 0 Å². The Hall–Kier alpha value is -3.41. The number of carbonyl (C=O) groups excluding carboxylic acids is 3. The molecule has 0 rings (SSSR count). The third-order valence-electron chi connectivity index (χ3n) is 11.3. The quantitative estimate of drug-likeness (QED) is 0.0262. The molecule has 0 aliphatic carbocycles. The van der Waals surface area contributed by atoms with E-state index < -0.39 is 6.10 Å². The molecular formula is C59H100O6. The first-order valence-corrected chi connectivity index (χ1v) is 27.1. The van der Waals surface area contributed by atoms with E-state index >= 15 is 0 Å². The largest absolute Gasteiger partial charge is 0.462 e. The number of allylic oxidation sites excluding steroid dienone is 14. The average molecular weight is 905 g/mol. The first kappa shape index (κ1) is 61.6. The van der Waals surface area contributed by atoms with E-state index in [-0.39, 0.29) is 31.1 Å². The van der Waals surface area contributed by atoms with E-state index in [4.69, 9.17) is 14.2 Å². The minimum absolute atomic E-state index is 0.0975. The molecule has 0 N–H and O–H groups in total. The maximum Gasteiger partial charge on any atom is 0.306 e. The summed E-state index contributed by atoms with van der Waals surface area (Å²) in [4.78, 5) is 38.1. The molecule has 0 aliphatic heterocycles. The van der Waals surface area contributed by atoms with E-state index in [2.05, 4.69) is 106 Å². The van der Waals surface area contributed by atoms with Crippen LogP contribution in [-0.4, -0.2) is 37.2 Å². The Balaban J connectivity index is 4.48. The van der Waals surface area contributed by atoms with Crippen molar-refractivity contribution in [1.29, 1.82) is 0 Å². The van der Waals surface area contributed by atoms with E-state index in [9.17, 15) is 14.4 Å². The number of hydrogen-bond acceptors (Lipinski definition) is 6. The van der Waals surface area contributed by atoms with Gasteiger partial charge in [-0.05, 0) is 122 Å². The Morgan fingerprint density at radius 3 is 0.862 bits per heavy atom. The van der Waals surface area contributed by atoms with Gasteiger partial charge in [-0.3, -0.25) is 14.4 Å². The molecule has 0 heterocycles. The fourth-order valence-corrected chi connectivity index (χ4v) is 7.21. The van der Waals surface area contributed by atoms with Gasteiger partial charge in [0, 0.05) is 19.3 Å². The third kappa shape index (κ3) is 51.4. The molecule has 0 radical (unpaired) electrons. The van der Waals surface area contributed by atoms with Crippen molar-refractivity contribution in [3.63, 3.8) is 0 Å². The monoisotopic (exact) mass is 905 g/mol. The van der Waals surface area contributed by atoms with Gasteiger partial charge in [-0.1, -0.05) is 196 Å². The number of esters is 3. The molecule has 0 fully saturated rings. The summed E-state index contributed by atoms with van der Waals surface area (Å²) in [5.41, 5.74) is 0. The molecule has 6 nitrogen and oxygen atoms in total. The Kier molecular flexibility index (Phi) is 50.4. The van der Waals surface area contributed by atoms with E-state index in [1.165, 1.54) is 77.0 Å². The predicted molar refractivity (Wildman–Crippen MR) is 279 cm³/mol. The summed E-state index contributed by atoms with van der Waals surface area (Å²) in [7, 11) is 0. The van der Waals surface area contributed by atoms with Crippen LogP contribution < -0.4 is 0 Å². The van der Waals surface area contributed by atoms with Gasteiger partial charge in [0.1, 0.15) is 13.2 Å². The average Bonchev–Trinajstić information content (AvgIpc) is 3.30. The Morgan fingerprint density at radius 1 is 0.308 bits per heavy atom. The van der Waals surface area contributed by atoms with Crippen LogP contribution >= 0.6 is 0 Å². The van der Waals surface area contributed by atoms with Crippen LogP contribution in [0.4, 0.5) is 0 Å². The number of ether oxygens (including phenoxy) is 3. The highest BCUT2D eigenvalue weighted by atomic mass is 16.6. The van der Waals surface area contributed by atoms with Crippen LogP contribution in [0.15, 0.2) is 85.1 Å². The van der Waals surface area contributed by atoms with E-state index in [0.29, 0.717) is 19.3 Å². The standard InChI is InChI=1S/C59H100O6/c1-4-7-10-13-16-19-22-25-28-29-32-34-37-40-43-46-49-52-58(61)64-55-56(65-59(62)53-50-47-44-41-38-35-31-27-24-21-18-15-12-9-6-3)54-63-57(60)51-48-45-42-39-36-33-30-26-23-20-17-14-11-8-5-2/h16-21,25-28,30-32,34,56H,4-15,22-24,29,33,35-55H2,1-3H3/b19-16-,20-17-,21-18-,28-25-,30-26-,31-27-,34-32-/t56-/m0/s1. The molecule has 0 aromatic rings. The number of carbonyl (C=O) groups is 3. The van der Waals surface area contributed by atoms with E-state index in [1.54, 1.807) is 0 Å². The van der Waals surface area contributed by atoms with Crippen molar-refractivity contribution >= 4 is 17.9 Å². The normalized spacial score (nSPS) is 12.7. The third-order valence-corrected chi connectivity index (χ3v) is 11.3. The second-order valence-electron chi connectivity index (χ2n) is 17.8. The minimum Gasteiger partial charge on any atom is -0.462 e. The summed E-state index contributed by atoms with van der Waals surface area (Å²) < 4.78 is 16.8. The molecular weight excluding hydrogens is 805 g/mol. The lowest BCUT2D eigenvalue weighted by atomic mass is 10.1. The molecule has 65 heavy (non-hydrogen) atoms. The summed E-state index contributed by atoms with van der Waals surface area (Å²) in [6.07, 6.45) is 68.4. The van der Waals surface area contributed by atoms with Crippen LogP contribution in [0.25, 0.3) is 0 Å². The molecule has 0 saturated heterocycles. The first-order valence-electron chi connectivity index (χ1n) is 27.1. The van der Waals surface area contributed by atoms with Gasteiger partial charge in [-0.15, -0.1) is 0 Å². The van der Waals surface area contributed by atoms with Crippen molar-refractivity contribution in [3.8, 4) is 0 Å². The summed E-state index contributed by atoms with van der Waals surface area (Å²) >= 11 is 0. The Morgan fingerprint density at radius 2 is 0.554 bits per heavy atom. The smallest absolute Gasteiger partial charge is 0.306 e. The summed E-state index contributed by atoms with van der Waals surface area (Å²) in [6.45, 7) is 6.51. The van der Waals surface area contributed by atoms with Gasteiger partial charge in [-0.2, -0.15) is 0 Å². The Labute approximate surface area is 401 Å².